The van der Waals surface area contributed by atoms with Crippen LogP contribution in [-0.2, 0) is 19.0 Å². The van der Waals surface area contributed by atoms with Crippen LogP contribution in [0.3, 0.4) is 0 Å². The number of ether oxygens (including phenoxy) is 3. The minimum atomic E-state index is -0.426. The minimum Gasteiger partial charge on any atom is -0.462 e. The predicted molar refractivity (Wildman–Crippen MR) is 96.4 cm³/mol. The monoisotopic (exact) mass is 373 g/mol. The summed E-state index contributed by atoms with van der Waals surface area (Å²) in [5.74, 6) is 3.53. The molecule has 1 heterocycles. The molecule has 1 spiro atoms. The van der Waals surface area contributed by atoms with Crippen molar-refractivity contribution in [2.45, 2.75) is 75.2 Å². The Hall–Kier alpha value is -0.650. The molecule has 5 nitrogen and oxygen atoms in total. The maximum atomic E-state index is 13.0. The maximum absolute atomic E-state index is 13.0. The lowest BCUT2D eigenvalue weighted by molar-refractivity contribution is -0.237. The Labute approximate surface area is 160 Å². The molecular formula is C22H31NO4. The van der Waals surface area contributed by atoms with E-state index in [4.69, 9.17) is 19.9 Å². The lowest BCUT2D eigenvalue weighted by atomic mass is 9.69. The molecule has 9 aliphatic rings. The number of esters is 1. The molecule has 0 radical (unpaired) electrons. The van der Waals surface area contributed by atoms with Crippen LogP contribution in [-0.4, -0.2) is 36.6 Å². The Morgan fingerprint density at radius 2 is 1.81 bits per heavy atom. The first-order valence-corrected chi connectivity index (χ1v) is 11.2. The van der Waals surface area contributed by atoms with Crippen LogP contribution in [0.15, 0.2) is 0 Å². The second kappa shape index (κ2) is 4.91. The first kappa shape index (κ1) is 16.2. The molecule has 8 aliphatic carbocycles. The van der Waals surface area contributed by atoms with E-state index in [1.165, 1.54) is 19.3 Å². The number of hydrogen-bond donors (Lipinski definition) is 1. The molecule has 0 amide bonds. The number of carbonyl (C=O) groups is 1. The SMILES string of the molecule is NC12CC3CC(C1)C1(OCC(COC(=O)C45CC6CC(C4)C(C6)C5)O1)C3C2. The standard InChI is InChI=1S/C22H31NO4/c23-21-7-15-3-16(8-21)22(18(15)9-21)26-11-17(27-22)10-25-19(24)20-4-12-1-13(5-20)14(2-12)6-20/h12-18H,1-11,23H2. The summed E-state index contributed by atoms with van der Waals surface area (Å²) in [6, 6.07) is 0. The van der Waals surface area contributed by atoms with Gasteiger partial charge in [-0.2, -0.15) is 0 Å². The molecule has 1 saturated heterocycles. The Morgan fingerprint density at radius 3 is 2.56 bits per heavy atom. The van der Waals surface area contributed by atoms with E-state index in [1.807, 2.05) is 0 Å². The van der Waals surface area contributed by atoms with Crippen LogP contribution in [0.4, 0.5) is 0 Å². The van der Waals surface area contributed by atoms with Crippen LogP contribution in [0, 0.1) is 40.9 Å². The third-order valence-electron chi connectivity index (χ3n) is 9.79. The van der Waals surface area contributed by atoms with E-state index in [1.54, 1.807) is 0 Å². The highest BCUT2D eigenvalue weighted by molar-refractivity contribution is 5.78. The largest absolute Gasteiger partial charge is 0.462 e. The zero-order valence-corrected chi connectivity index (χ0v) is 16.0. The summed E-state index contributed by atoms with van der Waals surface area (Å²) in [5, 5.41) is 0. The third-order valence-corrected chi connectivity index (χ3v) is 9.79. The van der Waals surface area contributed by atoms with Gasteiger partial charge < -0.3 is 19.9 Å². The summed E-state index contributed by atoms with van der Waals surface area (Å²) in [4.78, 5) is 13.0. The molecule has 8 bridgehead atoms. The molecule has 1 aliphatic heterocycles. The van der Waals surface area contributed by atoms with Crippen molar-refractivity contribution in [1.82, 2.24) is 0 Å². The van der Waals surface area contributed by atoms with E-state index in [9.17, 15) is 4.79 Å². The molecule has 8 atom stereocenters. The van der Waals surface area contributed by atoms with E-state index in [2.05, 4.69) is 0 Å². The van der Waals surface area contributed by atoms with Gasteiger partial charge in [-0.25, -0.2) is 0 Å². The van der Waals surface area contributed by atoms with Crippen molar-refractivity contribution < 1.29 is 19.0 Å². The second-order valence-corrected chi connectivity index (χ2v) is 11.4. The highest BCUT2D eigenvalue weighted by atomic mass is 16.8. The molecule has 0 aromatic carbocycles. The number of carbonyl (C=O) groups excluding carboxylic acids is 1. The molecule has 2 N–H and O–H groups in total. The van der Waals surface area contributed by atoms with Gasteiger partial charge in [0.2, 0.25) is 0 Å². The average molecular weight is 373 g/mol. The van der Waals surface area contributed by atoms with Crippen molar-refractivity contribution in [2.24, 2.45) is 46.7 Å². The molecule has 9 fully saturated rings. The zero-order valence-electron chi connectivity index (χ0n) is 16.0. The van der Waals surface area contributed by atoms with E-state index in [0.717, 1.165) is 56.3 Å². The molecule has 5 heteroatoms. The van der Waals surface area contributed by atoms with Crippen molar-refractivity contribution in [3.8, 4) is 0 Å². The lowest BCUT2D eigenvalue weighted by Crippen LogP contribution is -2.53. The Bertz CT molecular complexity index is 687. The van der Waals surface area contributed by atoms with Gasteiger partial charge in [0.1, 0.15) is 12.7 Å². The summed E-state index contributed by atoms with van der Waals surface area (Å²) in [5.41, 5.74) is 6.42. The van der Waals surface area contributed by atoms with Crippen LogP contribution in [0.1, 0.15) is 57.8 Å². The predicted octanol–water partition coefficient (Wildman–Crippen LogP) is 2.61. The summed E-state index contributed by atoms with van der Waals surface area (Å²) in [6.07, 6.45) is 10.2. The average Bonchev–Trinajstić information content (AvgIpc) is 3.35. The summed E-state index contributed by atoms with van der Waals surface area (Å²) in [6.45, 7) is 0.922. The van der Waals surface area contributed by atoms with Gasteiger partial charge in [0, 0.05) is 17.4 Å². The van der Waals surface area contributed by atoms with E-state index >= 15 is 0 Å². The fourth-order valence-corrected chi connectivity index (χ4v) is 9.21. The van der Waals surface area contributed by atoms with Gasteiger partial charge in [-0.3, -0.25) is 4.79 Å². The van der Waals surface area contributed by atoms with Crippen molar-refractivity contribution in [1.29, 1.82) is 0 Å². The van der Waals surface area contributed by atoms with Crippen LogP contribution < -0.4 is 5.73 Å². The fraction of sp³-hybridized carbons (Fsp3) is 0.955. The van der Waals surface area contributed by atoms with Gasteiger partial charge in [-0.05, 0) is 81.5 Å². The maximum Gasteiger partial charge on any atom is 0.312 e. The topological polar surface area (TPSA) is 70.8 Å². The van der Waals surface area contributed by atoms with Crippen molar-refractivity contribution >= 4 is 5.97 Å². The van der Waals surface area contributed by atoms with Gasteiger partial charge in [0.15, 0.2) is 5.79 Å². The molecule has 0 aromatic heterocycles. The lowest BCUT2D eigenvalue weighted by Gasteiger charge is -2.44. The van der Waals surface area contributed by atoms with Crippen molar-refractivity contribution in [3.63, 3.8) is 0 Å². The van der Waals surface area contributed by atoms with Crippen LogP contribution in [0.2, 0.25) is 0 Å². The first-order valence-electron chi connectivity index (χ1n) is 11.2. The second-order valence-electron chi connectivity index (χ2n) is 11.4. The zero-order chi connectivity index (χ0) is 18.0. The Kier molecular flexibility index (Phi) is 2.94. The van der Waals surface area contributed by atoms with E-state index < -0.39 is 5.79 Å². The van der Waals surface area contributed by atoms with Gasteiger partial charge in [0.25, 0.3) is 0 Å². The van der Waals surface area contributed by atoms with Gasteiger partial charge >= 0.3 is 5.97 Å². The molecular weight excluding hydrogens is 342 g/mol. The highest BCUT2D eigenvalue weighted by Crippen LogP contribution is 2.67. The molecule has 8 saturated carbocycles. The first-order chi connectivity index (χ1) is 13.0. The number of hydrogen-bond acceptors (Lipinski definition) is 5. The summed E-state index contributed by atoms with van der Waals surface area (Å²) in [7, 11) is 0. The number of nitrogens with two attached hydrogens (primary N) is 1. The Morgan fingerprint density at radius 1 is 1.00 bits per heavy atom. The third kappa shape index (κ3) is 1.99. The van der Waals surface area contributed by atoms with Crippen LogP contribution in [0.25, 0.3) is 0 Å². The highest BCUT2D eigenvalue weighted by Gasteiger charge is 2.70. The molecule has 8 unspecified atom stereocenters. The summed E-state index contributed by atoms with van der Waals surface area (Å²) < 4.78 is 18.7. The van der Waals surface area contributed by atoms with Crippen molar-refractivity contribution in [3.05, 3.63) is 0 Å². The molecule has 9 rings (SSSR count). The number of rotatable bonds is 3. The fourth-order valence-electron chi connectivity index (χ4n) is 9.21. The van der Waals surface area contributed by atoms with E-state index in [0.29, 0.717) is 31.0 Å². The van der Waals surface area contributed by atoms with Gasteiger partial charge in [-0.15, -0.1) is 0 Å². The normalized spacial score (nSPS) is 61.6. The van der Waals surface area contributed by atoms with Gasteiger partial charge in [-0.1, -0.05) is 0 Å². The summed E-state index contributed by atoms with van der Waals surface area (Å²) >= 11 is 0. The van der Waals surface area contributed by atoms with Crippen LogP contribution >= 0.6 is 0 Å². The minimum absolute atomic E-state index is 0.0285. The quantitative estimate of drug-likeness (QED) is 0.770. The smallest absolute Gasteiger partial charge is 0.312 e. The molecule has 148 valence electrons. The molecule has 27 heavy (non-hydrogen) atoms. The Balaban J connectivity index is 1.02. The van der Waals surface area contributed by atoms with E-state index in [-0.39, 0.29) is 23.0 Å². The van der Waals surface area contributed by atoms with Crippen LogP contribution in [0.5, 0.6) is 0 Å². The van der Waals surface area contributed by atoms with Crippen molar-refractivity contribution in [2.75, 3.05) is 13.2 Å². The molecule has 0 aromatic rings. The van der Waals surface area contributed by atoms with Gasteiger partial charge in [0.05, 0.1) is 12.0 Å².